The number of fused-ring (bicyclic) bond motifs is 3. The maximum atomic E-state index is 13.6. The lowest BCUT2D eigenvalue weighted by molar-refractivity contribution is 0.551. The molecule has 3 heteroatoms. The van der Waals surface area contributed by atoms with E-state index < -0.39 is 0 Å². The Morgan fingerprint density at radius 2 is 1.61 bits per heavy atom. The number of hydrogen-bond donors (Lipinski definition) is 0. The van der Waals surface area contributed by atoms with Crippen molar-refractivity contribution < 1.29 is 0 Å². The van der Waals surface area contributed by atoms with Gasteiger partial charge in [0.1, 0.15) is 0 Å². The van der Waals surface area contributed by atoms with Gasteiger partial charge >= 0.3 is 0 Å². The summed E-state index contributed by atoms with van der Waals surface area (Å²) in [5.41, 5.74) is 3.51. The molecule has 3 nitrogen and oxygen atoms in total. The number of para-hydroxylation sites is 1. The predicted molar refractivity (Wildman–Crippen MR) is 118 cm³/mol. The summed E-state index contributed by atoms with van der Waals surface area (Å²) in [5, 5.41) is 1.92. The molecule has 0 amide bonds. The first-order chi connectivity index (χ1) is 13.8. The number of unbranched alkanes of at least 4 members (excludes halogenated alkanes) is 2. The van der Waals surface area contributed by atoms with E-state index in [1.807, 2.05) is 35.0 Å². The quantitative estimate of drug-likeness (QED) is 0.358. The van der Waals surface area contributed by atoms with Crippen LogP contribution in [0.15, 0.2) is 71.7 Å². The zero-order valence-corrected chi connectivity index (χ0v) is 16.8. The number of pyridine rings is 1. The first kappa shape index (κ1) is 18.5. The third-order valence-corrected chi connectivity index (χ3v) is 5.74. The standard InChI is InChI=1S/C25H28N2O/c1-3-5-11-17-26-22-15-10-9-14-20(22)24-23(26)16-18-27(25(24)28)21(4-2)19-12-7-6-8-13-19/h6-10,12-16,18,21H,3-5,11,17H2,1-2H3. The van der Waals surface area contributed by atoms with Crippen molar-refractivity contribution in [2.24, 2.45) is 0 Å². The van der Waals surface area contributed by atoms with E-state index >= 15 is 0 Å². The minimum absolute atomic E-state index is 0.0558. The molecule has 0 spiro atoms. The topological polar surface area (TPSA) is 26.9 Å². The number of aromatic nitrogens is 2. The normalized spacial score (nSPS) is 12.6. The molecule has 0 saturated carbocycles. The van der Waals surface area contributed by atoms with E-state index in [9.17, 15) is 4.79 Å². The molecular weight excluding hydrogens is 344 g/mol. The number of hydrogen-bond acceptors (Lipinski definition) is 1. The molecule has 0 bridgehead atoms. The number of nitrogens with zero attached hydrogens (tertiary/aromatic N) is 2. The molecule has 0 N–H and O–H groups in total. The van der Waals surface area contributed by atoms with Gasteiger partial charge in [0.05, 0.1) is 16.9 Å². The molecule has 4 rings (SSSR count). The van der Waals surface area contributed by atoms with Gasteiger partial charge in [-0.05, 0) is 30.5 Å². The second-order valence-electron chi connectivity index (χ2n) is 7.50. The van der Waals surface area contributed by atoms with E-state index in [0.717, 1.165) is 41.2 Å². The minimum Gasteiger partial charge on any atom is -0.340 e. The molecule has 1 atom stereocenters. The van der Waals surface area contributed by atoms with Crippen LogP contribution in [0.1, 0.15) is 51.1 Å². The molecule has 0 aliphatic carbocycles. The van der Waals surface area contributed by atoms with E-state index in [4.69, 9.17) is 0 Å². The SMILES string of the molecule is CCCCCn1c2ccccc2c2c(=O)n(C(CC)c3ccccc3)ccc21. The average Bonchev–Trinajstić information content (AvgIpc) is 3.06. The fourth-order valence-electron chi connectivity index (χ4n) is 4.34. The second kappa shape index (κ2) is 8.05. The maximum Gasteiger partial charge on any atom is 0.261 e. The summed E-state index contributed by atoms with van der Waals surface area (Å²) < 4.78 is 4.25. The van der Waals surface area contributed by atoms with Crippen molar-refractivity contribution in [2.45, 2.75) is 52.1 Å². The lowest BCUT2D eigenvalue weighted by Gasteiger charge is -2.19. The molecular formula is C25H28N2O. The van der Waals surface area contributed by atoms with Crippen LogP contribution in [0.5, 0.6) is 0 Å². The van der Waals surface area contributed by atoms with Gasteiger partial charge in [0.25, 0.3) is 5.56 Å². The summed E-state index contributed by atoms with van der Waals surface area (Å²) in [7, 11) is 0. The highest BCUT2D eigenvalue weighted by molar-refractivity contribution is 6.07. The van der Waals surface area contributed by atoms with E-state index in [0.29, 0.717) is 0 Å². The highest BCUT2D eigenvalue weighted by Crippen LogP contribution is 2.28. The summed E-state index contributed by atoms with van der Waals surface area (Å²) >= 11 is 0. The number of aryl methyl sites for hydroxylation is 1. The zero-order chi connectivity index (χ0) is 19.5. The first-order valence-electron chi connectivity index (χ1n) is 10.4. The molecule has 0 aliphatic heterocycles. The van der Waals surface area contributed by atoms with Crippen molar-refractivity contribution >= 4 is 21.8 Å². The van der Waals surface area contributed by atoms with Gasteiger partial charge in [-0.15, -0.1) is 0 Å². The molecule has 0 radical (unpaired) electrons. The monoisotopic (exact) mass is 372 g/mol. The van der Waals surface area contributed by atoms with E-state index in [-0.39, 0.29) is 11.6 Å². The Bertz CT molecular complexity index is 1140. The molecule has 0 fully saturated rings. The van der Waals surface area contributed by atoms with Crippen LogP contribution in [0.3, 0.4) is 0 Å². The average molecular weight is 373 g/mol. The third kappa shape index (κ3) is 3.15. The van der Waals surface area contributed by atoms with Crippen molar-refractivity contribution in [3.8, 4) is 0 Å². The van der Waals surface area contributed by atoms with Crippen LogP contribution in [-0.2, 0) is 6.54 Å². The van der Waals surface area contributed by atoms with Crippen molar-refractivity contribution in [3.63, 3.8) is 0 Å². The van der Waals surface area contributed by atoms with E-state index in [1.54, 1.807) is 0 Å². The van der Waals surface area contributed by atoms with Gasteiger partial charge in [0.15, 0.2) is 0 Å². The van der Waals surface area contributed by atoms with Gasteiger partial charge in [-0.3, -0.25) is 4.79 Å². The van der Waals surface area contributed by atoms with Crippen LogP contribution in [0.25, 0.3) is 21.8 Å². The summed E-state index contributed by atoms with van der Waals surface area (Å²) in [4.78, 5) is 13.6. The van der Waals surface area contributed by atoms with Crippen LogP contribution in [-0.4, -0.2) is 9.13 Å². The van der Waals surface area contributed by atoms with Gasteiger partial charge in [-0.2, -0.15) is 0 Å². The Balaban J connectivity index is 1.92. The summed E-state index contributed by atoms with van der Waals surface area (Å²) in [6.45, 7) is 5.32. The summed E-state index contributed by atoms with van der Waals surface area (Å²) in [6.07, 6.45) is 6.40. The Labute approximate surface area is 166 Å². The van der Waals surface area contributed by atoms with Crippen LogP contribution in [0.4, 0.5) is 0 Å². The van der Waals surface area contributed by atoms with Crippen LogP contribution >= 0.6 is 0 Å². The van der Waals surface area contributed by atoms with Crippen molar-refractivity contribution in [2.75, 3.05) is 0 Å². The van der Waals surface area contributed by atoms with Crippen LogP contribution in [0.2, 0.25) is 0 Å². The second-order valence-corrected chi connectivity index (χ2v) is 7.50. The maximum absolute atomic E-state index is 13.6. The smallest absolute Gasteiger partial charge is 0.261 e. The van der Waals surface area contributed by atoms with Gasteiger partial charge in [-0.1, -0.05) is 75.2 Å². The molecule has 0 saturated heterocycles. The lowest BCUT2D eigenvalue weighted by atomic mass is 10.0. The molecule has 2 heterocycles. The number of benzene rings is 2. The van der Waals surface area contributed by atoms with Crippen molar-refractivity contribution in [1.29, 1.82) is 0 Å². The Morgan fingerprint density at radius 1 is 0.857 bits per heavy atom. The van der Waals surface area contributed by atoms with Gasteiger partial charge in [-0.25, -0.2) is 0 Å². The van der Waals surface area contributed by atoms with Crippen molar-refractivity contribution in [1.82, 2.24) is 9.13 Å². The molecule has 1 unspecified atom stereocenters. The summed E-state index contributed by atoms with van der Waals surface area (Å²) in [6, 6.07) is 20.8. The Hall–Kier alpha value is -2.81. The molecule has 2 aromatic carbocycles. The Morgan fingerprint density at radius 3 is 2.36 bits per heavy atom. The van der Waals surface area contributed by atoms with Crippen molar-refractivity contribution in [3.05, 3.63) is 82.8 Å². The van der Waals surface area contributed by atoms with Crippen LogP contribution < -0.4 is 5.56 Å². The fourth-order valence-corrected chi connectivity index (χ4v) is 4.34. The van der Waals surface area contributed by atoms with E-state index in [2.05, 4.69) is 54.8 Å². The molecule has 4 aromatic rings. The molecule has 144 valence electrons. The zero-order valence-electron chi connectivity index (χ0n) is 16.8. The lowest BCUT2D eigenvalue weighted by Crippen LogP contribution is -2.24. The van der Waals surface area contributed by atoms with Crippen LogP contribution in [0, 0.1) is 0 Å². The largest absolute Gasteiger partial charge is 0.340 e. The molecule has 0 aliphatic rings. The van der Waals surface area contributed by atoms with E-state index in [1.165, 1.54) is 18.4 Å². The minimum atomic E-state index is 0.0558. The fraction of sp³-hybridized carbons (Fsp3) is 0.320. The molecule has 28 heavy (non-hydrogen) atoms. The van der Waals surface area contributed by atoms with Gasteiger partial charge in [0, 0.05) is 23.6 Å². The highest BCUT2D eigenvalue weighted by atomic mass is 16.1. The first-order valence-corrected chi connectivity index (χ1v) is 10.4. The van der Waals surface area contributed by atoms with Gasteiger partial charge < -0.3 is 9.13 Å². The molecule has 2 aromatic heterocycles. The van der Waals surface area contributed by atoms with Gasteiger partial charge in [0.2, 0.25) is 0 Å². The third-order valence-electron chi connectivity index (χ3n) is 5.74. The predicted octanol–water partition coefficient (Wildman–Crippen LogP) is 6.15. The Kier molecular flexibility index (Phi) is 5.34. The summed E-state index contributed by atoms with van der Waals surface area (Å²) in [5.74, 6) is 0. The number of rotatable bonds is 7. The highest BCUT2D eigenvalue weighted by Gasteiger charge is 2.18.